The van der Waals surface area contributed by atoms with Crippen LogP contribution < -0.4 is 0 Å². The molecule has 3 rings (SSSR count). The summed E-state index contributed by atoms with van der Waals surface area (Å²) in [5, 5.41) is 23.2. The highest BCUT2D eigenvalue weighted by molar-refractivity contribution is 5.99. The first kappa shape index (κ1) is 13.0. The van der Waals surface area contributed by atoms with Gasteiger partial charge in [0.25, 0.3) is 5.91 Å². The Morgan fingerprint density at radius 1 is 1.30 bits per heavy atom. The monoisotopic (exact) mass is 276 g/mol. The summed E-state index contributed by atoms with van der Waals surface area (Å²) < 4.78 is 1.61. The van der Waals surface area contributed by atoms with E-state index in [0.717, 1.165) is 11.4 Å². The number of amides is 1. The van der Waals surface area contributed by atoms with Crippen LogP contribution in [-0.2, 0) is 0 Å². The van der Waals surface area contributed by atoms with Gasteiger partial charge in [0.05, 0.1) is 18.4 Å². The zero-order valence-electron chi connectivity index (χ0n) is 11.3. The van der Waals surface area contributed by atoms with E-state index in [2.05, 4.69) is 10.1 Å². The van der Waals surface area contributed by atoms with E-state index < -0.39 is 12.2 Å². The third-order valence-corrected chi connectivity index (χ3v) is 3.55. The highest BCUT2D eigenvalue weighted by Gasteiger charge is 2.34. The van der Waals surface area contributed by atoms with Crippen LogP contribution in [0.25, 0.3) is 5.65 Å². The summed E-state index contributed by atoms with van der Waals surface area (Å²) in [6.45, 7) is 4.01. The Labute approximate surface area is 115 Å². The van der Waals surface area contributed by atoms with Crippen LogP contribution in [-0.4, -0.2) is 60.9 Å². The fraction of sp³-hybridized carbons (Fsp3) is 0.462. The summed E-state index contributed by atoms with van der Waals surface area (Å²) in [6.07, 6.45) is -0.303. The maximum Gasteiger partial charge on any atom is 0.259 e. The lowest BCUT2D eigenvalue weighted by atomic mass is 10.2. The molecule has 0 spiro atoms. The number of rotatable bonds is 1. The molecule has 0 aliphatic carbocycles. The molecule has 1 aliphatic rings. The molecule has 2 aromatic heterocycles. The maximum absolute atomic E-state index is 12.4. The maximum atomic E-state index is 12.4. The molecule has 1 fully saturated rings. The van der Waals surface area contributed by atoms with Gasteiger partial charge >= 0.3 is 0 Å². The van der Waals surface area contributed by atoms with E-state index in [-0.39, 0.29) is 19.0 Å². The Morgan fingerprint density at radius 2 is 1.95 bits per heavy atom. The average Bonchev–Trinajstić information content (AvgIpc) is 2.93. The number of aryl methyl sites for hydroxylation is 2. The predicted molar refractivity (Wildman–Crippen MR) is 70.4 cm³/mol. The van der Waals surface area contributed by atoms with E-state index in [1.54, 1.807) is 4.52 Å². The highest BCUT2D eigenvalue weighted by atomic mass is 16.3. The Hall–Kier alpha value is -1.99. The van der Waals surface area contributed by atoms with E-state index in [9.17, 15) is 15.0 Å². The van der Waals surface area contributed by atoms with Crippen LogP contribution in [0.2, 0.25) is 0 Å². The highest BCUT2D eigenvalue weighted by Crippen LogP contribution is 2.18. The van der Waals surface area contributed by atoms with Crippen molar-refractivity contribution in [1.82, 2.24) is 19.5 Å². The largest absolute Gasteiger partial charge is 0.388 e. The normalized spacial score (nSPS) is 22.7. The lowest BCUT2D eigenvalue weighted by Gasteiger charge is -2.14. The molecule has 20 heavy (non-hydrogen) atoms. The quantitative estimate of drug-likeness (QED) is 0.734. The van der Waals surface area contributed by atoms with Crippen molar-refractivity contribution in [3.63, 3.8) is 0 Å². The molecule has 2 aromatic rings. The summed E-state index contributed by atoms with van der Waals surface area (Å²) in [7, 11) is 0. The first-order valence-electron chi connectivity index (χ1n) is 6.45. The molecule has 1 amide bonds. The molecule has 3 heterocycles. The number of aliphatic hydroxyl groups is 2. The first-order chi connectivity index (χ1) is 9.47. The molecule has 106 valence electrons. The molecule has 0 radical (unpaired) electrons. The average molecular weight is 276 g/mol. The number of hydrogen-bond acceptors (Lipinski definition) is 5. The zero-order chi connectivity index (χ0) is 14.4. The number of hydrogen-bond donors (Lipinski definition) is 2. The van der Waals surface area contributed by atoms with Crippen molar-refractivity contribution in [2.45, 2.75) is 26.1 Å². The van der Waals surface area contributed by atoms with Crippen molar-refractivity contribution in [2.75, 3.05) is 13.1 Å². The van der Waals surface area contributed by atoms with Crippen molar-refractivity contribution in [2.24, 2.45) is 0 Å². The molecule has 2 N–H and O–H groups in total. The fourth-order valence-electron chi connectivity index (χ4n) is 2.53. The predicted octanol–water partition coefficient (Wildman–Crippen LogP) is -0.476. The van der Waals surface area contributed by atoms with Crippen molar-refractivity contribution < 1.29 is 15.0 Å². The fourth-order valence-corrected chi connectivity index (χ4v) is 2.53. The third kappa shape index (κ3) is 1.95. The summed E-state index contributed by atoms with van der Waals surface area (Å²) in [4.78, 5) is 18.2. The van der Waals surface area contributed by atoms with Gasteiger partial charge in [-0.05, 0) is 19.9 Å². The molecule has 0 aromatic carbocycles. The summed E-state index contributed by atoms with van der Waals surface area (Å²) in [5.41, 5.74) is 2.60. The minimum Gasteiger partial charge on any atom is -0.388 e. The number of aliphatic hydroxyl groups excluding tert-OH is 2. The summed E-state index contributed by atoms with van der Waals surface area (Å²) >= 11 is 0. The number of carbonyl (C=O) groups is 1. The van der Waals surface area contributed by atoms with Gasteiger partial charge in [0.2, 0.25) is 0 Å². The van der Waals surface area contributed by atoms with Crippen LogP contribution in [0.5, 0.6) is 0 Å². The lowest BCUT2D eigenvalue weighted by Crippen LogP contribution is -2.29. The minimum atomic E-state index is -0.891. The number of fused-ring (bicyclic) bond motifs is 1. The van der Waals surface area contributed by atoms with Crippen LogP contribution in [0.1, 0.15) is 21.7 Å². The van der Waals surface area contributed by atoms with Gasteiger partial charge in [0.1, 0.15) is 5.56 Å². The summed E-state index contributed by atoms with van der Waals surface area (Å²) in [5.74, 6) is -0.270. The number of aromatic nitrogens is 3. The van der Waals surface area contributed by atoms with Crippen molar-refractivity contribution >= 4 is 11.6 Å². The molecule has 0 unspecified atom stereocenters. The van der Waals surface area contributed by atoms with Gasteiger partial charge in [-0.15, -0.1) is 0 Å². The van der Waals surface area contributed by atoms with E-state index >= 15 is 0 Å². The Morgan fingerprint density at radius 3 is 2.60 bits per heavy atom. The van der Waals surface area contributed by atoms with E-state index in [0.29, 0.717) is 11.2 Å². The third-order valence-electron chi connectivity index (χ3n) is 3.55. The molecule has 7 heteroatoms. The van der Waals surface area contributed by atoms with Crippen LogP contribution in [0.3, 0.4) is 0 Å². The van der Waals surface area contributed by atoms with Crippen molar-refractivity contribution in [3.8, 4) is 0 Å². The molecule has 1 saturated heterocycles. The van der Waals surface area contributed by atoms with Gasteiger partial charge in [-0.1, -0.05) is 0 Å². The molecule has 7 nitrogen and oxygen atoms in total. The number of β-amino-alcohol motifs (C(OH)–C–C–N with tert-alkyl or cyclic N) is 2. The number of likely N-dealkylation sites (tertiary alicyclic amines) is 1. The summed E-state index contributed by atoms with van der Waals surface area (Å²) in [6, 6.07) is 1.89. The van der Waals surface area contributed by atoms with Gasteiger partial charge in [-0.3, -0.25) is 4.79 Å². The number of nitrogens with zero attached hydrogens (tertiary/aromatic N) is 4. The molecule has 0 saturated carbocycles. The Balaban J connectivity index is 2.00. The standard InChI is InChI=1S/C13H16N4O3/c1-7-3-8(2)17-12(15-7)9(4-14-17)13(20)16-5-10(18)11(19)6-16/h3-4,10-11,18-19H,5-6H2,1-2H3/t10-,11+. The second-order valence-corrected chi connectivity index (χ2v) is 5.18. The topological polar surface area (TPSA) is 91.0 Å². The van der Waals surface area contributed by atoms with Crippen LogP contribution >= 0.6 is 0 Å². The Kier molecular flexibility index (Phi) is 2.95. The molecular formula is C13H16N4O3. The van der Waals surface area contributed by atoms with E-state index in [4.69, 9.17) is 0 Å². The SMILES string of the molecule is Cc1cc(C)n2ncc(C(=O)N3C[C@@H](O)[C@@H](O)C3)c2n1. The minimum absolute atomic E-state index is 0.127. The van der Waals surface area contributed by atoms with Gasteiger partial charge < -0.3 is 15.1 Å². The van der Waals surface area contributed by atoms with Crippen LogP contribution in [0.15, 0.2) is 12.3 Å². The van der Waals surface area contributed by atoms with E-state index in [1.165, 1.54) is 11.1 Å². The number of carbonyl (C=O) groups excluding carboxylic acids is 1. The zero-order valence-corrected chi connectivity index (χ0v) is 11.3. The second-order valence-electron chi connectivity index (χ2n) is 5.18. The van der Waals surface area contributed by atoms with Crippen LogP contribution in [0, 0.1) is 13.8 Å². The molecule has 2 atom stereocenters. The molecular weight excluding hydrogens is 260 g/mol. The van der Waals surface area contributed by atoms with E-state index in [1.807, 2.05) is 19.9 Å². The smallest absolute Gasteiger partial charge is 0.259 e. The molecule has 1 aliphatic heterocycles. The van der Waals surface area contributed by atoms with Gasteiger partial charge in [-0.2, -0.15) is 5.10 Å². The first-order valence-corrected chi connectivity index (χ1v) is 6.45. The van der Waals surface area contributed by atoms with Crippen LogP contribution in [0.4, 0.5) is 0 Å². The Bertz CT molecular complexity index is 672. The van der Waals surface area contributed by atoms with Crippen molar-refractivity contribution in [1.29, 1.82) is 0 Å². The van der Waals surface area contributed by atoms with Gasteiger partial charge in [0.15, 0.2) is 5.65 Å². The molecule has 0 bridgehead atoms. The van der Waals surface area contributed by atoms with Gasteiger partial charge in [0, 0.05) is 24.5 Å². The van der Waals surface area contributed by atoms with Crippen molar-refractivity contribution in [3.05, 3.63) is 29.2 Å². The van der Waals surface area contributed by atoms with Gasteiger partial charge in [-0.25, -0.2) is 9.50 Å². The second kappa shape index (κ2) is 4.53. The lowest BCUT2D eigenvalue weighted by molar-refractivity contribution is 0.0572.